The van der Waals surface area contributed by atoms with Gasteiger partial charge in [-0.15, -0.1) is 0 Å². The zero-order valence-corrected chi connectivity index (χ0v) is 13.3. The van der Waals surface area contributed by atoms with Gasteiger partial charge in [-0.25, -0.2) is 4.79 Å². The van der Waals surface area contributed by atoms with Gasteiger partial charge in [0.25, 0.3) is 0 Å². The van der Waals surface area contributed by atoms with E-state index in [1.807, 2.05) is 47.0 Å². The lowest BCUT2D eigenvalue weighted by molar-refractivity contribution is 0.180. The second kappa shape index (κ2) is 8.29. The fourth-order valence-corrected chi connectivity index (χ4v) is 4.23. The Hall–Kier alpha value is -1.20. The van der Waals surface area contributed by atoms with Crippen molar-refractivity contribution in [2.24, 2.45) is 5.73 Å². The van der Waals surface area contributed by atoms with Crippen LogP contribution in [0.4, 0.5) is 4.79 Å². The van der Waals surface area contributed by atoms with Crippen molar-refractivity contribution in [3.63, 3.8) is 0 Å². The summed E-state index contributed by atoms with van der Waals surface area (Å²) in [5.41, 5.74) is 6.72. The van der Waals surface area contributed by atoms with Crippen LogP contribution in [0.2, 0.25) is 0 Å². The average Bonchev–Trinajstić information content (AvgIpc) is 2.94. The maximum atomic E-state index is 11.8. The predicted molar refractivity (Wildman–Crippen MR) is 87.3 cm³/mol. The Balaban J connectivity index is 1.89. The molecule has 1 fully saturated rings. The first-order valence-corrected chi connectivity index (χ1v) is 8.46. The molecule has 0 saturated carbocycles. The van der Waals surface area contributed by atoms with E-state index in [-0.39, 0.29) is 12.1 Å². The average molecular weight is 308 g/mol. The third kappa shape index (κ3) is 4.93. The molecule has 2 rings (SSSR count). The van der Waals surface area contributed by atoms with Crippen molar-refractivity contribution in [1.29, 1.82) is 0 Å². The molecule has 5 heteroatoms. The highest BCUT2D eigenvalue weighted by Crippen LogP contribution is 2.33. The number of primary amides is 1. The van der Waals surface area contributed by atoms with Crippen molar-refractivity contribution < 1.29 is 9.53 Å². The summed E-state index contributed by atoms with van der Waals surface area (Å²) in [7, 11) is 1.74. The van der Waals surface area contributed by atoms with Gasteiger partial charge in [-0.3, -0.25) is 0 Å². The Morgan fingerprint density at radius 2 is 2.19 bits per heavy atom. The SMILES string of the molecule is COCCC[C@@H]1C[C@@H](N(Cc2ccccc2)C(N)=O)CS1. The van der Waals surface area contributed by atoms with E-state index in [1.165, 1.54) is 0 Å². The summed E-state index contributed by atoms with van der Waals surface area (Å²) >= 11 is 1.95. The fraction of sp³-hybridized carbons (Fsp3) is 0.562. The smallest absolute Gasteiger partial charge is 0.315 e. The molecule has 1 aromatic carbocycles. The molecule has 0 bridgehead atoms. The van der Waals surface area contributed by atoms with Gasteiger partial charge in [0.15, 0.2) is 0 Å². The molecule has 21 heavy (non-hydrogen) atoms. The van der Waals surface area contributed by atoms with Gasteiger partial charge in [0, 0.05) is 37.3 Å². The van der Waals surface area contributed by atoms with Gasteiger partial charge in [0.1, 0.15) is 0 Å². The van der Waals surface area contributed by atoms with Crippen LogP contribution in [0, 0.1) is 0 Å². The molecule has 1 aromatic rings. The van der Waals surface area contributed by atoms with Crippen LogP contribution in [-0.4, -0.2) is 41.7 Å². The standard InChI is InChI=1S/C16H24N2O2S/c1-20-9-5-8-15-10-14(12-21-15)18(16(17)19)11-13-6-3-2-4-7-13/h2-4,6-7,14-15H,5,8-12H2,1H3,(H2,17,19)/t14-,15-/m1/s1. The first-order valence-electron chi connectivity index (χ1n) is 7.41. The first kappa shape index (κ1) is 16.2. The highest BCUT2D eigenvalue weighted by atomic mass is 32.2. The summed E-state index contributed by atoms with van der Waals surface area (Å²) in [5, 5.41) is 0.614. The summed E-state index contributed by atoms with van der Waals surface area (Å²) in [6.07, 6.45) is 3.26. The number of rotatable bonds is 7. The number of methoxy groups -OCH3 is 1. The highest BCUT2D eigenvalue weighted by Gasteiger charge is 2.31. The van der Waals surface area contributed by atoms with Crippen molar-refractivity contribution in [2.75, 3.05) is 19.5 Å². The Bertz CT molecular complexity index is 441. The molecule has 0 spiro atoms. The van der Waals surface area contributed by atoms with E-state index in [4.69, 9.17) is 10.5 Å². The highest BCUT2D eigenvalue weighted by molar-refractivity contribution is 8.00. The molecule has 0 unspecified atom stereocenters. The monoisotopic (exact) mass is 308 g/mol. The molecule has 1 heterocycles. The van der Waals surface area contributed by atoms with E-state index in [1.54, 1.807) is 7.11 Å². The van der Waals surface area contributed by atoms with Crippen molar-refractivity contribution in [1.82, 2.24) is 4.90 Å². The number of amides is 2. The molecular weight excluding hydrogens is 284 g/mol. The lowest BCUT2D eigenvalue weighted by Gasteiger charge is -2.27. The number of carbonyl (C=O) groups excluding carboxylic acids is 1. The van der Waals surface area contributed by atoms with Gasteiger partial charge in [-0.2, -0.15) is 11.8 Å². The predicted octanol–water partition coefficient (Wildman–Crippen LogP) is 2.87. The van der Waals surface area contributed by atoms with Crippen LogP contribution in [0.25, 0.3) is 0 Å². The number of hydrogen-bond acceptors (Lipinski definition) is 3. The van der Waals surface area contributed by atoms with Crippen molar-refractivity contribution in [3.05, 3.63) is 35.9 Å². The summed E-state index contributed by atoms with van der Waals surface area (Å²) in [4.78, 5) is 13.6. The van der Waals surface area contributed by atoms with Crippen LogP contribution in [0.15, 0.2) is 30.3 Å². The molecule has 1 aliphatic rings. The maximum Gasteiger partial charge on any atom is 0.315 e. The topological polar surface area (TPSA) is 55.6 Å². The molecule has 2 amide bonds. The summed E-state index contributed by atoms with van der Waals surface area (Å²) in [6, 6.07) is 9.97. The number of thioether (sulfide) groups is 1. The molecule has 116 valence electrons. The lowest BCUT2D eigenvalue weighted by atomic mass is 10.1. The van der Waals surface area contributed by atoms with E-state index in [2.05, 4.69) is 0 Å². The van der Waals surface area contributed by atoms with Crippen LogP contribution >= 0.6 is 11.8 Å². The van der Waals surface area contributed by atoms with E-state index < -0.39 is 0 Å². The third-order valence-corrected chi connectivity index (χ3v) is 5.33. The van der Waals surface area contributed by atoms with Gasteiger partial charge >= 0.3 is 6.03 Å². The third-order valence-electron chi connectivity index (χ3n) is 3.85. The van der Waals surface area contributed by atoms with Crippen LogP contribution in [0.1, 0.15) is 24.8 Å². The van der Waals surface area contributed by atoms with Gasteiger partial charge in [0.05, 0.1) is 0 Å². The van der Waals surface area contributed by atoms with E-state index >= 15 is 0 Å². The minimum atomic E-state index is -0.318. The number of hydrogen-bond donors (Lipinski definition) is 1. The maximum absolute atomic E-state index is 11.8. The Morgan fingerprint density at radius 3 is 2.86 bits per heavy atom. The minimum absolute atomic E-state index is 0.250. The molecule has 2 atom stereocenters. The first-order chi connectivity index (χ1) is 10.2. The number of ether oxygens (including phenoxy) is 1. The van der Waals surface area contributed by atoms with Gasteiger partial charge in [-0.1, -0.05) is 30.3 Å². The molecule has 0 aliphatic carbocycles. The summed E-state index contributed by atoms with van der Waals surface area (Å²) < 4.78 is 5.10. The van der Waals surface area contributed by atoms with Gasteiger partial charge in [-0.05, 0) is 24.8 Å². The van der Waals surface area contributed by atoms with Crippen LogP contribution in [0.3, 0.4) is 0 Å². The largest absolute Gasteiger partial charge is 0.385 e. The number of urea groups is 1. The Morgan fingerprint density at radius 1 is 1.43 bits per heavy atom. The summed E-state index contributed by atoms with van der Waals surface area (Å²) in [6.45, 7) is 1.41. The molecule has 0 radical (unpaired) electrons. The number of nitrogens with zero attached hydrogens (tertiary/aromatic N) is 1. The second-order valence-electron chi connectivity index (χ2n) is 5.43. The molecular formula is C16H24N2O2S. The second-order valence-corrected chi connectivity index (χ2v) is 6.76. The number of benzene rings is 1. The lowest BCUT2D eigenvalue weighted by Crippen LogP contribution is -2.43. The number of nitrogens with two attached hydrogens (primary N) is 1. The molecule has 0 aromatic heterocycles. The van der Waals surface area contributed by atoms with Crippen LogP contribution in [0.5, 0.6) is 0 Å². The quantitative estimate of drug-likeness (QED) is 0.788. The van der Waals surface area contributed by atoms with Crippen LogP contribution in [-0.2, 0) is 11.3 Å². The Kier molecular flexibility index (Phi) is 6.39. The van der Waals surface area contributed by atoms with Crippen LogP contribution < -0.4 is 5.73 Å². The fourth-order valence-electron chi connectivity index (χ4n) is 2.73. The van der Waals surface area contributed by atoms with Crippen molar-refractivity contribution in [2.45, 2.75) is 37.1 Å². The van der Waals surface area contributed by atoms with E-state index in [0.29, 0.717) is 11.8 Å². The molecule has 1 aliphatic heterocycles. The summed E-state index contributed by atoms with van der Waals surface area (Å²) in [5.74, 6) is 0.980. The number of carbonyl (C=O) groups is 1. The molecule has 2 N–H and O–H groups in total. The zero-order chi connectivity index (χ0) is 15.1. The minimum Gasteiger partial charge on any atom is -0.385 e. The Labute approximate surface area is 131 Å². The van der Waals surface area contributed by atoms with Crippen molar-refractivity contribution in [3.8, 4) is 0 Å². The van der Waals surface area contributed by atoms with Gasteiger partial charge in [0.2, 0.25) is 0 Å². The van der Waals surface area contributed by atoms with Crippen molar-refractivity contribution >= 4 is 17.8 Å². The zero-order valence-electron chi connectivity index (χ0n) is 12.5. The van der Waals surface area contributed by atoms with E-state index in [0.717, 1.165) is 37.2 Å². The molecule has 1 saturated heterocycles. The van der Waals surface area contributed by atoms with E-state index in [9.17, 15) is 4.79 Å². The normalized spacial score (nSPS) is 21.4. The molecule has 4 nitrogen and oxygen atoms in total. The van der Waals surface area contributed by atoms with Gasteiger partial charge < -0.3 is 15.4 Å².